The van der Waals surface area contributed by atoms with Gasteiger partial charge in [0.1, 0.15) is 11.3 Å². The molecule has 0 atom stereocenters. The van der Waals surface area contributed by atoms with Crippen LogP contribution in [-0.4, -0.2) is 21.4 Å². The molecule has 4 N–H and O–H groups in total. The number of aromatic hydroxyl groups is 1. The quantitative estimate of drug-likeness (QED) is 0.495. The second-order valence-electron chi connectivity index (χ2n) is 5.92. The summed E-state index contributed by atoms with van der Waals surface area (Å²) >= 11 is 0. The summed E-state index contributed by atoms with van der Waals surface area (Å²) in [6.45, 7) is 1.41. The van der Waals surface area contributed by atoms with Crippen molar-refractivity contribution < 1.29 is 14.7 Å². The van der Waals surface area contributed by atoms with Gasteiger partial charge in [0.2, 0.25) is 0 Å². The van der Waals surface area contributed by atoms with Gasteiger partial charge in [0, 0.05) is 18.0 Å². The van der Waals surface area contributed by atoms with Crippen LogP contribution >= 0.6 is 0 Å². The first-order valence-corrected chi connectivity index (χ1v) is 7.83. The molecule has 0 unspecified atom stereocenters. The van der Waals surface area contributed by atoms with Gasteiger partial charge in [-0.15, -0.1) is 0 Å². The molecule has 1 heterocycles. The van der Waals surface area contributed by atoms with Crippen LogP contribution in [0.1, 0.15) is 27.6 Å². The van der Waals surface area contributed by atoms with E-state index in [2.05, 4.69) is 5.32 Å². The van der Waals surface area contributed by atoms with Crippen molar-refractivity contribution in [3.8, 4) is 5.75 Å². The van der Waals surface area contributed by atoms with E-state index in [4.69, 9.17) is 5.73 Å². The van der Waals surface area contributed by atoms with Crippen LogP contribution in [0.15, 0.2) is 47.3 Å². The van der Waals surface area contributed by atoms with Gasteiger partial charge < -0.3 is 20.7 Å². The molecule has 7 nitrogen and oxygen atoms in total. The first-order valence-electron chi connectivity index (χ1n) is 7.83. The molecular weight excluding hydrogens is 334 g/mol. The summed E-state index contributed by atoms with van der Waals surface area (Å²) in [5.74, 6) is -1.33. The first kappa shape index (κ1) is 17.2. The van der Waals surface area contributed by atoms with E-state index in [1.807, 2.05) is 0 Å². The highest BCUT2D eigenvalue weighted by molar-refractivity contribution is 6.10. The Morgan fingerprint density at radius 3 is 2.50 bits per heavy atom. The molecule has 1 aromatic heterocycles. The fraction of sp³-hybridized carbons (Fsp3) is 0.105. The molecule has 0 spiro atoms. The number of aromatic nitrogens is 1. The number of fused-ring (bicyclic) bond motifs is 1. The SMILES string of the molecule is CC(=O)c1ccc(NC(=O)c2c(O)c3ccccc3n(C)c2=O)c(N)c1. The van der Waals surface area contributed by atoms with Gasteiger partial charge in [0.15, 0.2) is 5.78 Å². The Labute approximate surface area is 148 Å². The third-order valence-electron chi connectivity index (χ3n) is 4.21. The van der Waals surface area contributed by atoms with Crippen molar-refractivity contribution in [1.29, 1.82) is 0 Å². The molecule has 0 bridgehead atoms. The third-order valence-corrected chi connectivity index (χ3v) is 4.21. The Hall–Kier alpha value is -3.61. The highest BCUT2D eigenvalue weighted by Crippen LogP contribution is 2.27. The fourth-order valence-electron chi connectivity index (χ4n) is 2.76. The van der Waals surface area contributed by atoms with Gasteiger partial charge in [-0.1, -0.05) is 12.1 Å². The molecule has 0 radical (unpaired) electrons. The highest BCUT2D eigenvalue weighted by Gasteiger charge is 2.21. The predicted molar refractivity (Wildman–Crippen MR) is 99.7 cm³/mol. The number of pyridine rings is 1. The number of amides is 1. The number of carbonyl (C=O) groups is 2. The molecule has 0 saturated heterocycles. The number of para-hydroxylation sites is 1. The first-order chi connectivity index (χ1) is 12.3. The van der Waals surface area contributed by atoms with Gasteiger partial charge in [-0.2, -0.15) is 0 Å². The molecule has 7 heteroatoms. The van der Waals surface area contributed by atoms with Crippen molar-refractivity contribution >= 4 is 34.0 Å². The van der Waals surface area contributed by atoms with E-state index in [-0.39, 0.29) is 28.5 Å². The number of hydrogen-bond donors (Lipinski definition) is 3. The molecule has 0 aliphatic rings. The minimum Gasteiger partial charge on any atom is -0.506 e. The van der Waals surface area contributed by atoms with E-state index in [1.165, 1.54) is 36.7 Å². The molecule has 1 amide bonds. The largest absolute Gasteiger partial charge is 0.506 e. The highest BCUT2D eigenvalue weighted by atomic mass is 16.3. The summed E-state index contributed by atoms with van der Waals surface area (Å²) in [7, 11) is 1.52. The van der Waals surface area contributed by atoms with Crippen LogP contribution in [-0.2, 0) is 7.05 Å². The lowest BCUT2D eigenvalue weighted by molar-refractivity contribution is 0.101. The van der Waals surface area contributed by atoms with Crippen molar-refractivity contribution in [1.82, 2.24) is 4.57 Å². The second kappa shape index (κ2) is 6.36. The molecular formula is C19H17N3O4. The number of ketones is 1. The summed E-state index contributed by atoms with van der Waals surface area (Å²) in [4.78, 5) is 36.5. The van der Waals surface area contributed by atoms with Gasteiger partial charge in [-0.25, -0.2) is 0 Å². The summed E-state index contributed by atoms with van der Waals surface area (Å²) < 4.78 is 1.30. The monoisotopic (exact) mass is 351 g/mol. The number of aryl methyl sites for hydroxylation is 1. The maximum atomic E-state index is 12.6. The molecule has 0 aliphatic carbocycles. The van der Waals surface area contributed by atoms with Crippen LogP contribution in [0.3, 0.4) is 0 Å². The Morgan fingerprint density at radius 1 is 1.15 bits per heavy atom. The Bertz CT molecular complexity index is 1120. The summed E-state index contributed by atoms with van der Waals surface area (Å²) in [6.07, 6.45) is 0. The van der Waals surface area contributed by atoms with Crippen LogP contribution in [0, 0.1) is 0 Å². The number of nitrogens with one attached hydrogen (secondary N) is 1. The predicted octanol–water partition coefficient (Wildman–Crippen LogP) is 2.28. The van der Waals surface area contributed by atoms with Gasteiger partial charge in [0.05, 0.1) is 16.9 Å². The smallest absolute Gasteiger partial charge is 0.267 e. The number of nitrogens with zero attached hydrogens (tertiary/aromatic N) is 1. The van der Waals surface area contributed by atoms with Crippen molar-refractivity contribution in [3.05, 3.63) is 63.9 Å². The summed E-state index contributed by atoms with van der Waals surface area (Å²) in [6, 6.07) is 11.2. The van der Waals surface area contributed by atoms with Gasteiger partial charge in [-0.05, 0) is 37.3 Å². The van der Waals surface area contributed by atoms with Crippen LogP contribution in [0.4, 0.5) is 11.4 Å². The zero-order valence-electron chi connectivity index (χ0n) is 14.2. The van der Waals surface area contributed by atoms with Crippen LogP contribution in [0.25, 0.3) is 10.9 Å². The summed E-state index contributed by atoms with van der Waals surface area (Å²) in [5.41, 5.74) is 6.22. The number of hydrogen-bond acceptors (Lipinski definition) is 5. The fourth-order valence-corrected chi connectivity index (χ4v) is 2.76. The number of rotatable bonds is 3. The molecule has 3 aromatic rings. The van der Waals surface area contributed by atoms with Crippen LogP contribution < -0.4 is 16.6 Å². The molecule has 3 rings (SSSR count). The van der Waals surface area contributed by atoms with Crippen LogP contribution in [0.5, 0.6) is 5.75 Å². The molecule has 0 saturated carbocycles. The minimum atomic E-state index is -0.781. The van der Waals surface area contributed by atoms with Crippen molar-refractivity contribution in [2.75, 3.05) is 11.1 Å². The van der Waals surface area contributed by atoms with E-state index in [9.17, 15) is 19.5 Å². The standard InChI is InChI=1S/C19H17N3O4/c1-10(23)11-7-8-14(13(20)9-11)21-18(25)16-17(24)12-5-3-4-6-15(12)22(2)19(16)26/h3-9,24H,20H2,1-2H3,(H,21,25). The van der Waals surface area contributed by atoms with E-state index >= 15 is 0 Å². The van der Waals surface area contributed by atoms with E-state index in [1.54, 1.807) is 24.3 Å². The average Bonchev–Trinajstić information content (AvgIpc) is 2.61. The topological polar surface area (TPSA) is 114 Å². The lowest BCUT2D eigenvalue weighted by Gasteiger charge is -2.13. The van der Waals surface area contributed by atoms with E-state index in [0.717, 1.165) is 0 Å². The molecule has 2 aromatic carbocycles. The van der Waals surface area contributed by atoms with Crippen LogP contribution in [0.2, 0.25) is 0 Å². The number of Topliss-reactive ketones (excluding diaryl/α,β-unsaturated/α-hetero) is 1. The number of nitrogen functional groups attached to an aromatic ring is 1. The molecule has 0 fully saturated rings. The number of anilines is 2. The Morgan fingerprint density at radius 2 is 1.85 bits per heavy atom. The minimum absolute atomic E-state index is 0.157. The lowest BCUT2D eigenvalue weighted by atomic mass is 10.1. The van der Waals surface area contributed by atoms with Crippen molar-refractivity contribution in [3.63, 3.8) is 0 Å². The normalized spacial score (nSPS) is 10.7. The number of benzene rings is 2. The zero-order valence-corrected chi connectivity index (χ0v) is 14.2. The molecule has 0 aliphatic heterocycles. The Balaban J connectivity index is 2.06. The number of nitrogens with two attached hydrogens (primary N) is 1. The number of carbonyl (C=O) groups excluding carboxylic acids is 2. The second-order valence-corrected chi connectivity index (χ2v) is 5.92. The van der Waals surface area contributed by atoms with Crippen molar-refractivity contribution in [2.45, 2.75) is 6.92 Å². The maximum Gasteiger partial charge on any atom is 0.267 e. The molecule has 132 valence electrons. The van der Waals surface area contributed by atoms with Gasteiger partial charge in [-0.3, -0.25) is 14.4 Å². The van der Waals surface area contributed by atoms with E-state index in [0.29, 0.717) is 16.5 Å². The van der Waals surface area contributed by atoms with E-state index < -0.39 is 11.5 Å². The Kier molecular flexibility index (Phi) is 4.21. The van der Waals surface area contributed by atoms with Gasteiger partial charge >= 0.3 is 0 Å². The van der Waals surface area contributed by atoms with Crippen molar-refractivity contribution in [2.24, 2.45) is 7.05 Å². The average molecular weight is 351 g/mol. The van der Waals surface area contributed by atoms with Gasteiger partial charge in [0.25, 0.3) is 11.5 Å². The third kappa shape index (κ3) is 2.79. The summed E-state index contributed by atoms with van der Waals surface area (Å²) in [5, 5.41) is 13.3. The maximum absolute atomic E-state index is 12.6. The lowest BCUT2D eigenvalue weighted by Crippen LogP contribution is -2.28. The molecule has 26 heavy (non-hydrogen) atoms. The zero-order chi connectivity index (χ0) is 19.0.